The molecule has 1 aliphatic heterocycles. The van der Waals surface area contributed by atoms with E-state index < -0.39 is 0 Å². The minimum absolute atomic E-state index is 0.822. The number of nitrogens with zero attached hydrogens (tertiary/aromatic N) is 1. The molecule has 0 radical (unpaired) electrons. The number of rotatable bonds is 3. The first kappa shape index (κ1) is 10.4. The first-order valence-electron chi connectivity index (χ1n) is 6.37. The highest BCUT2D eigenvalue weighted by atomic mass is 15.2. The van der Waals surface area contributed by atoms with Crippen molar-refractivity contribution in [2.24, 2.45) is 5.73 Å². The highest BCUT2D eigenvalue weighted by molar-refractivity contribution is 4.86. The molecule has 1 atom stereocenters. The lowest BCUT2D eigenvalue weighted by Gasteiger charge is -2.35. The molecule has 2 fully saturated rings. The predicted octanol–water partition coefficient (Wildman–Crippen LogP) is 2.13. The van der Waals surface area contributed by atoms with E-state index in [-0.39, 0.29) is 0 Å². The molecule has 2 aliphatic rings. The second-order valence-corrected chi connectivity index (χ2v) is 4.90. The van der Waals surface area contributed by atoms with Crippen LogP contribution in [0.25, 0.3) is 0 Å². The van der Waals surface area contributed by atoms with Gasteiger partial charge in [0.05, 0.1) is 0 Å². The van der Waals surface area contributed by atoms with E-state index in [4.69, 9.17) is 5.73 Å². The summed E-state index contributed by atoms with van der Waals surface area (Å²) in [5.41, 5.74) is 5.67. The Hall–Kier alpha value is -0.0800. The fourth-order valence-electron chi connectivity index (χ4n) is 3.25. The summed E-state index contributed by atoms with van der Waals surface area (Å²) < 4.78 is 0. The van der Waals surface area contributed by atoms with E-state index in [9.17, 15) is 0 Å². The van der Waals surface area contributed by atoms with Gasteiger partial charge < -0.3 is 5.73 Å². The third-order valence-corrected chi connectivity index (χ3v) is 3.97. The van der Waals surface area contributed by atoms with E-state index in [0.29, 0.717) is 0 Å². The average Bonchev–Trinajstić information content (AvgIpc) is 2.68. The molecule has 1 aliphatic carbocycles. The molecule has 1 saturated carbocycles. The van der Waals surface area contributed by atoms with Crippen LogP contribution in [0.4, 0.5) is 0 Å². The molecule has 0 aromatic heterocycles. The van der Waals surface area contributed by atoms with Crippen LogP contribution in [0.2, 0.25) is 0 Å². The van der Waals surface area contributed by atoms with Gasteiger partial charge in [0.15, 0.2) is 0 Å². The molecule has 2 heteroatoms. The fourth-order valence-corrected chi connectivity index (χ4v) is 3.25. The summed E-state index contributed by atoms with van der Waals surface area (Å²) in [4.78, 5) is 2.77. The Balaban J connectivity index is 1.87. The smallest absolute Gasteiger partial charge is 0.0111 e. The third kappa shape index (κ3) is 2.29. The van der Waals surface area contributed by atoms with Crippen molar-refractivity contribution >= 4 is 0 Å². The zero-order valence-corrected chi connectivity index (χ0v) is 9.25. The van der Waals surface area contributed by atoms with Gasteiger partial charge in [-0.1, -0.05) is 19.3 Å². The van der Waals surface area contributed by atoms with Crippen molar-refractivity contribution in [3.63, 3.8) is 0 Å². The van der Waals surface area contributed by atoms with Crippen LogP contribution in [0.1, 0.15) is 51.4 Å². The lowest BCUT2D eigenvalue weighted by atomic mass is 9.93. The molecule has 0 spiro atoms. The average molecular weight is 196 g/mol. The minimum atomic E-state index is 0.822. The standard InChI is InChI=1S/C12H24N2/c13-9-8-12-7-4-10-14(12)11-5-2-1-3-6-11/h11-12H,1-10,13H2/t12-/m1/s1. The molecule has 0 unspecified atom stereocenters. The molecule has 14 heavy (non-hydrogen) atoms. The zero-order valence-electron chi connectivity index (χ0n) is 9.25. The van der Waals surface area contributed by atoms with E-state index in [1.807, 2.05) is 0 Å². The van der Waals surface area contributed by atoms with Crippen molar-refractivity contribution in [2.45, 2.75) is 63.5 Å². The van der Waals surface area contributed by atoms with Crippen LogP contribution in [0.3, 0.4) is 0 Å². The Labute approximate surface area is 87.8 Å². The van der Waals surface area contributed by atoms with Gasteiger partial charge in [0, 0.05) is 12.1 Å². The third-order valence-electron chi connectivity index (χ3n) is 3.97. The summed E-state index contributed by atoms with van der Waals surface area (Å²) in [5, 5.41) is 0. The van der Waals surface area contributed by atoms with Gasteiger partial charge in [-0.15, -0.1) is 0 Å². The topological polar surface area (TPSA) is 29.3 Å². The predicted molar refractivity (Wildman–Crippen MR) is 60.3 cm³/mol. The Morgan fingerprint density at radius 1 is 1.00 bits per heavy atom. The van der Waals surface area contributed by atoms with Crippen molar-refractivity contribution < 1.29 is 0 Å². The van der Waals surface area contributed by atoms with Gasteiger partial charge >= 0.3 is 0 Å². The van der Waals surface area contributed by atoms with Gasteiger partial charge in [-0.25, -0.2) is 0 Å². The number of nitrogens with two attached hydrogens (primary N) is 1. The molecule has 1 heterocycles. The highest BCUT2D eigenvalue weighted by Gasteiger charge is 2.30. The van der Waals surface area contributed by atoms with Crippen molar-refractivity contribution in [1.29, 1.82) is 0 Å². The first-order chi connectivity index (χ1) is 6.92. The normalized spacial score (nSPS) is 31.1. The van der Waals surface area contributed by atoms with Crippen LogP contribution >= 0.6 is 0 Å². The Bertz CT molecular complexity index is 164. The van der Waals surface area contributed by atoms with Crippen LogP contribution in [0.5, 0.6) is 0 Å². The van der Waals surface area contributed by atoms with Gasteiger partial charge in [-0.3, -0.25) is 4.90 Å². The summed E-state index contributed by atoms with van der Waals surface area (Å²) >= 11 is 0. The minimum Gasteiger partial charge on any atom is -0.330 e. The maximum atomic E-state index is 5.67. The molecule has 2 rings (SSSR count). The van der Waals surface area contributed by atoms with E-state index >= 15 is 0 Å². The largest absolute Gasteiger partial charge is 0.330 e. The summed E-state index contributed by atoms with van der Waals surface area (Å²) in [6.07, 6.45) is 11.3. The van der Waals surface area contributed by atoms with Gasteiger partial charge in [0.25, 0.3) is 0 Å². The van der Waals surface area contributed by atoms with Gasteiger partial charge in [0.2, 0.25) is 0 Å². The second-order valence-electron chi connectivity index (χ2n) is 4.90. The zero-order chi connectivity index (χ0) is 9.80. The van der Waals surface area contributed by atoms with E-state index in [0.717, 1.165) is 18.6 Å². The Morgan fingerprint density at radius 3 is 2.50 bits per heavy atom. The molecular formula is C12H24N2. The summed E-state index contributed by atoms with van der Waals surface area (Å²) in [7, 11) is 0. The lowest BCUT2D eigenvalue weighted by Crippen LogP contribution is -2.41. The van der Waals surface area contributed by atoms with Gasteiger partial charge in [0.1, 0.15) is 0 Å². The number of hydrogen-bond donors (Lipinski definition) is 1. The van der Waals surface area contributed by atoms with Crippen molar-refractivity contribution in [3.05, 3.63) is 0 Å². The van der Waals surface area contributed by atoms with E-state index in [1.165, 1.54) is 57.9 Å². The maximum Gasteiger partial charge on any atom is 0.0111 e. The van der Waals surface area contributed by atoms with Gasteiger partial charge in [-0.05, 0) is 45.2 Å². The quantitative estimate of drug-likeness (QED) is 0.749. The second kappa shape index (κ2) is 5.13. The molecule has 0 amide bonds. The summed E-state index contributed by atoms with van der Waals surface area (Å²) in [5.74, 6) is 0. The molecule has 0 aromatic rings. The van der Waals surface area contributed by atoms with Crippen LogP contribution in [0, 0.1) is 0 Å². The summed E-state index contributed by atoms with van der Waals surface area (Å²) in [6.45, 7) is 2.21. The molecule has 0 aromatic carbocycles. The molecule has 82 valence electrons. The van der Waals surface area contributed by atoms with Crippen LogP contribution in [0.15, 0.2) is 0 Å². The van der Waals surface area contributed by atoms with Crippen molar-refractivity contribution in [2.75, 3.05) is 13.1 Å². The molecule has 0 bridgehead atoms. The monoisotopic (exact) mass is 196 g/mol. The van der Waals surface area contributed by atoms with E-state index in [2.05, 4.69) is 4.90 Å². The van der Waals surface area contributed by atoms with E-state index in [1.54, 1.807) is 0 Å². The first-order valence-corrected chi connectivity index (χ1v) is 6.37. The maximum absolute atomic E-state index is 5.67. The molecule has 2 nitrogen and oxygen atoms in total. The van der Waals surface area contributed by atoms with Crippen LogP contribution < -0.4 is 5.73 Å². The Morgan fingerprint density at radius 2 is 1.79 bits per heavy atom. The fraction of sp³-hybridized carbons (Fsp3) is 1.00. The van der Waals surface area contributed by atoms with Crippen molar-refractivity contribution in [3.8, 4) is 0 Å². The van der Waals surface area contributed by atoms with Gasteiger partial charge in [-0.2, -0.15) is 0 Å². The van der Waals surface area contributed by atoms with Crippen LogP contribution in [-0.4, -0.2) is 30.1 Å². The number of hydrogen-bond acceptors (Lipinski definition) is 2. The lowest BCUT2D eigenvalue weighted by molar-refractivity contribution is 0.138. The Kier molecular flexibility index (Phi) is 3.82. The highest BCUT2D eigenvalue weighted by Crippen LogP contribution is 2.30. The molecular weight excluding hydrogens is 172 g/mol. The van der Waals surface area contributed by atoms with Crippen LogP contribution in [-0.2, 0) is 0 Å². The molecule has 1 saturated heterocycles. The summed E-state index contributed by atoms with van der Waals surface area (Å²) in [6, 6.07) is 1.73. The molecule has 2 N–H and O–H groups in total. The SMILES string of the molecule is NCC[C@H]1CCCN1C1CCCCC1. The van der Waals surface area contributed by atoms with Crippen molar-refractivity contribution in [1.82, 2.24) is 4.90 Å². The number of likely N-dealkylation sites (tertiary alicyclic amines) is 1.